The number of nitrogens with zero attached hydrogens (tertiary/aromatic N) is 3. The van der Waals surface area contributed by atoms with Crippen LogP contribution in [0.1, 0.15) is 164 Å². The molecule has 488 valence electrons. The first-order valence-corrected chi connectivity index (χ1v) is 32.7. The number of thioether (sulfide) groups is 1. The van der Waals surface area contributed by atoms with Crippen LogP contribution in [-0.4, -0.2) is 168 Å². The van der Waals surface area contributed by atoms with E-state index in [-0.39, 0.29) is 145 Å². The van der Waals surface area contributed by atoms with Crippen molar-refractivity contribution in [1.82, 2.24) is 25.3 Å². The molecule has 0 aromatic heterocycles. The molecule has 20 heteroatoms. The summed E-state index contributed by atoms with van der Waals surface area (Å²) in [6, 6.07) is 15.0. The molecule has 2 aromatic rings. The molecule has 0 spiro atoms. The van der Waals surface area contributed by atoms with Gasteiger partial charge in [0.15, 0.2) is 11.6 Å². The van der Waals surface area contributed by atoms with E-state index in [0.29, 0.717) is 38.8 Å². The molecule has 5 amide bonds. The molecule has 0 radical (unpaired) electrons. The number of ether oxygens (including phenoxy) is 3. The zero-order valence-electron chi connectivity index (χ0n) is 55.1. The molecule has 2 heterocycles. The van der Waals surface area contributed by atoms with Crippen LogP contribution in [0.2, 0.25) is 0 Å². The van der Waals surface area contributed by atoms with Gasteiger partial charge >= 0.3 is 5.97 Å². The highest BCUT2D eigenvalue weighted by atomic mass is 32.2. The van der Waals surface area contributed by atoms with E-state index in [4.69, 9.17) is 14.2 Å². The standard InChI is InChI=1S/C41H69N3O7.C26H37N3O6S/c1-13-27(6)38(43(10)41(49)31(25(2)3)23-34(46)37(42-9)26(4)5)35(50-11)24-36(47)44-21-17-20-32(44)40(51-12)29(8)33(45)22-28(7)39(48)30-18-15-14-16-19-30;1-17(2)25(21(31)15-27-20-11-9-19(10-12-20)16-35-18(3)30)28-23(32)8-6-5-7-13-29-24(33)14-22(36-4)26(29)34/h14-16,18-19,25-29,31-32,35,37-40,42,48H,13,17,20-24H2,1-12H3;9-12,17,22,25,27H,5-8,13-16H2,1-4H3,(H,28,32)/t27-,28-,29-,31-,32-,35+,37-,38-,39+,40+;22?,25-/m00/s1. The number of benzene rings is 2. The van der Waals surface area contributed by atoms with Gasteiger partial charge in [-0.25, -0.2) is 0 Å². The highest BCUT2D eigenvalue weighted by Crippen LogP contribution is 2.33. The first kappa shape index (κ1) is 75.7. The van der Waals surface area contributed by atoms with Crippen molar-refractivity contribution in [3.8, 4) is 0 Å². The first-order chi connectivity index (χ1) is 41.2. The number of hydrogen-bond donors (Lipinski definition) is 4. The minimum atomic E-state index is -0.760. The van der Waals surface area contributed by atoms with Crippen molar-refractivity contribution in [1.29, 1.82) is 0 Å². The van der Waals surface area contributed by atoms with Gasteiger partial charge in [-0.1, -0.05) is 125 Å². The van der Waals surface area contributed by atoms with Gasteiger partial charge in [0, 0.05) is 84.5 Å². The van der Waals surface area contributed by atoms with Crippen LogP contribution in [0, 0.1) is 41.4 Å². The average Bonchev–Trinajstić information content (AvgIpc) is 3.05. The lowest BCUT2D eigenvalue weighted by atomic mass is 9.84. The summed E-state index contributed by atoms with van der Waals surface area (Å²) in [4.78, 5) is 120. The van der Waals surface area contributed by atoms with E-state index >= 15 is 0 Å². The largest absolute Gasteiger partial charge is 0.461 e. The number of likely N-dealkylation sites (tertiary alicyclic amines) is 2. The number of methoxy groups -OCH3 is 2. The number of esters is 1. The highest BCUT2D eigenvalue weighted by Gasteiger charge is 2.44. The van der Waals surface area contributed by atoms with Crippen molar-refractivity contribution < 1.29 is 62.5 Å². The van der Waals surface area contributed by atoms with Crippen LogP contribution in [0.25, 0.3) is 0 Å². The van der Waals surface area contributed by atoms with Crippen LogP contribution in [0.3, 0.4) is 0 Å². The number of carbonyl (C=O) groups is 9. The molecule has 0 aliphatic carbocycles. The maximum atomic E-state index is 14.2. The summed E-state index contributed by atoms with van der Waals surface area (Å²) < 4.78 is 16.9. The molecule has 2 aliphatic heterocycles. The van der Waals surface area contributed by atoms with E-state index in [1.54, 1.807) is 45.3 Å². The van der Waals surface area contributed by atoms with E-state index in [0.717, 1.165) is 29.7 Å². The monoisotopic (exact) mass is 1230 g/mol. The SMILES string of the molecule is CC[C@H](C)[C@@H]([C@@H](CC(=O)N1CCC[C@H]1[C@H](OC)[C@@H](C)C(=O)C[C@H](C)[C@@H](O)c1ccccc1)OC)N(C)C(=O)[C@@H](CC(=O)[C@@H](NC)C(C)C)C(C)C.CSC1CC(=O)N(CCCCCC(=O)N[C@H](C(=O)CNc2ccc(COC(C)=O)cc2)C(C)C)C1=O. The number of Topliss-reactive ketones (excluding diaryl/α,β-unsaturated/α-hetero) is 3. The molecule has 2 aliphatic rings. The van der Waals surface area contributed by atoms with Crippen LogP contribution in [0.4, 0.5) is 5.69 Å². The third kappa shape index (κ3) is 23.1. The molecule has 2 aromatic carbocycles. The van der Waals surface area contributed by atoms with Crippen LogP contribution in [0.5, 0.6) is 0 Å². The minimum absolute atomic E-state index is 0.0111. The number of anilines is 1. The van der Waals surface area contributed by atoms with Gasteiger partial charge in [-0.05, 0) is 91.8 Å². The number of rotatable bonds is 37. The maximum absolute atomic E-state index is 14.2. The van der Waals surface area contributed by atoms with Crippen LogP contribution < -0.4 is 16.0 Å². The summed E-state index contributed by atoms with van der Waals surface area (Å²) in [6.07, 6.45) is 5.19. The fourth-order valence-electron chi connectivity index (χ4n) is 11.9. The Kier molecular flexibility index (Phi) is 33.2. The lowest BCUT2D eigenvalue weighted by Crippen LogP contribution is -2.54. The van der Waals surface area contributed by atoms with Crippen LogP contribution in [0.15, 0.2) is 54.6 Å². The summed E-state index contributed by atoms with van der Waals surface area (Å²) in [6.45, 7) is 22.1. The molecule has 2 fully saturated rings. The van der Waals surface area contributed by atoms with E-state index < -0.39 is 42.2 Å². The molecule has 2 saturated heterocycles. The van der Waals surface area contributed by atoms with Crippen molar-refractivity contribution in [2.45, 2.75) is 201 Å². The number of unbranched alkanes of at least 4 members (excludes halogenated alkanes) is 2. The summed E-state index contributed by atoms with van der Waals surface area (Å²) in [7, 11) is 6.72. The zero-order valence-corrected chi connectivity index (χ0v) is 55.9. The molecule has 0 bridgehead atoms. The lowest BCUT2D eigenvalue weighted by Gasteiger charge is -2.41. The predicted octanol–water partition coefficient (Wildman–Crippen LogP) is 8.63. The molecule has 4 rings (SSSR count). The topological polar surface area (TPSA) is 247 Å². The smallest absolute Gasteiger partial charge is 0.302 e. The number of nitrogens with one attached hydrogen (secondary N) is 3. The molecule has 4 N–H and O–H groups in total. The summed E-state index contributed by atoms with van der Waals surface area (Å²) in [5.41, 5.74) is 2.37. The molecular formula is C67H106N6O13S. The van der Waals surface area contributed by atoms with Gasteiger partial charge in [-0.3, -0.25) is 48.1 Å². The zero-order chi connectivity index (χ0) is 65.2. The summed E-state index contributed by atoms with van der Waals surface area (Å²) in [5, 5.41) is 19.7. The van der Waals surface area contributed by atoms with Gasteiger partial charge in [0.25, 0.3) is 0 Å². The van der Waals surface area contributed by atoms with Gasteiger partial charge in [0.05, 0.1) is 60.7 Å². The van der Waals surface area contributed by atoms with E-state index in [2.05, 4.69) is 29.8 Å². The number of imide groups is 1. The summed E-state index contributed by atoms with van der Waals surface area (Å²) >= 11 is 1.40. The Labute approximate surface area is 523 Å². The highest BCUT2D eigenvalue weighted by molar-refractivity contribution is 8.00. The van der Waals surface area contributed by atoms with Gasteiger partial charge in [-0.15, -0.1) is 0 Å². The van der Waals surface area contributed by atoms with Crippen LogP contribution >= 0.6 is 11.8 Å². The van der Waals surface area contributed by atoms with Crippen molar-refractivity contribution in [2.75, 3.05) is 59.5 Å². The van der Waals surface area contributed by atoms with E-state index in [9.17, 15) is 48.3 Å². The fourth-order valence-corrected chi connectivity index (χ4v) is 12.5. The maximum Gasteiger partial charge on any atom is 0.302 e. The molecule has 0 saturated carbocycles. The third-order valence-electron chi connectivity index (χ3n) is 17.4. The van der Waals surface area contributed by atoms with Crippen molar-refractivity contribution in [3.63, 3.8) is 0 Å². The Morgan fingerprint density at radius 3 is 1.97 bits per heavy atom. The predicted molar refractivity (Wildman–Crippen MR) is 341 cm³/mol. The minimum Gasteiger partial charge on any atom is -0.461 e. The first-order valence-electron chi connectivity index (χ1n) is 31.4. The number of likely N-dealkylation sites (N-methyl/N-ethyl adjacent to an activating group) is 2. The van der Waals surface area contributed by atoms with Crippen LogP contribution in [-0.2, 0) is 64.0 Å². The van der Waals surface area contributed by atoms with E-state index in [1.165, 1.54) is 23.6 Å². The van der Waals surface area contributed by atoms with Gasteiger partial charge in [0.2, 0.25) is 29.5 Å². The van der Waals surface area contributed by atoms with Gasteiger partial charge in [-0.2, -0.15) is 11.8 Å². The average molecular weight is 1240 g/mol. The Morgan fingerprint density at radius 1 is 0.782 bits per heavy atom. The molecular weight excluding hydrogens is 1130 g/mol. The molecule has 87 heavy (non-hydrogen) atoms. The number of hydrogen-bond acceptors (Lipinski definition) is 16. The lowest BCUT2D eigenvalue weighted by molar-refractivity contribution is -0.149. The van der Waals surface area contributed by atoms with Crippen molar-refractivity contribution in [3.05, 3.63) is 65.7 Å². The molecule has 12 atom stereocenters. The number of aliphatic hydroxyl groups excluding tert-OH is 1. The second-order valence-electron chi connectivity index (χ2n) is 24.8. The van der Waals surface area contributed by atoms with Crippen molar-refractivity contribution in [2.24, 2.45) is 41.4 Å². The van der Waals surface area contributed by atoms with E-state index in [1.807, 2.05) is 109 Å². The number of carbonyl (C=O) groups excluding carboxylic acids is 9. The molecule has 1 unspecified atom stereocenters. The molecule has 19 nitrogen and oxygen atoms in total. The second kappa shape index (κ2) is 38.1. The Bertz CT molecular complexity index is 2510. The third-order valence-corrected chi connectivity index (χ3v) is 18.3. The Morgan fingerprint density at radius 2 is 1.43 bits per heavy atom. The van der Waals surface area contributed by atoms with Gasteiger partial charge < -0.3 is 45.1 Å². The fraction of sp³-hybridized carbons (Fsp3) is 0.687. The Hall–Kier alpha value is -5.54. The quantitative estimate of drug-likeness (QED) is 0.0281. The summed E-state index contributed by atoms with van der Waals surface area (Å²) in [5.74, 6) is -2.36. The second-order valence-corrected chi connectivity index (χ2v) is 25.9. The number of aliphatic hydroxyl groups is 1. The Balaban J connectivity index is 0.000000483. The van der Waals surface area contributed by atoms with Crippen molar-refractivity contribution >= 4 is 70.3 Å². The van der Waals surface area contributed by atoms with Gasteiger partial charge in [0.1, 0.15) is 12.4 Å². The number of ketones is 3. The normalized spacial score (nSPS) is 18.6. The number of amides is 5.